The van der Waals surface area contributed by atoms with Crippen molar-refractivity contribution >= 4 is 23.2 Å². The van der Waals surface area contributed by atoms with Gasteiger partial charge in [-0.2, -0.15) is 0 Å². The van der Waals surface area contributed by atoms with E-state index in [9.17, 15) is 9.59 Å². The van der Waals surface area contributed by atoms with Gasteiger partial charge in [-0.25, -0.2) is 4.79 Å². The summed E-state index contributed by atoms with van der Waals surface area (Å²) in [5, 5.41) is 0. The lowest BCUT2D eigenvalue weighted by Crippen LogP contribution is -2.55. The number of ketones is 1. The topological polar surface area (TPSA) is 59.0 Å². The number of nitrogens with zero attached hydrogens (tertiary/aromatic N) is 2. The number of hydrogen-bond donors (Lipinski definition) is 0. The summed E-state index contributed by atoms with van der Waals surface area (Å²) in [6, 6.07) is 8.03. The van der Waals surface area contributed by atoms with Crippen molar-refractivity contribution in [1.82, 2.24) is 0 Å². The number of hydrogen-bond acceptors (Lipinski definition) is 5. The average molecular weight is 324 g/mol. The predicted octanol–water partition coefficient (Wildman–Crippen LogP) is 2.40. The van der Waals surface area contributed by atoms with Gasteiger partial charge in [0.15, 0.2) is 0 Å². The molecule has 2 heterocycles. The average Bonchev–Trinajstić information content (AvgIpc) is 2.83. The first kappa shape index (κ1) is 15.1. The van der Waals surface area contributed by atoms with E-state index in [0.717, 1.165) is 17.0 Å². The van der Waals surface area contributed by atoms with Crippen molar-refractivity contribution < 1.29 is 14.3 Å². The SMILES string of the molecule is COC(=O)C1=C(C)N=C2CC(=O)CC[C@@]23c2ccccc2N(C)C13. The molecule has 2 atom stereocenters. The molecule has 1 spiro atoms. The molecule has 1 aromatic carbocycles. The van der Waals surface area contributed by atoms with Crippen molar-refractivity contribution in [3.8, 4) is 0 Å². The smallest absolute Gasteiger partial charge is 0.337 e. The Kier molecular flexibility index (Phi) is 3.17. The van der Waals surface area contributed by atoms with Crippen molar-refractivity contribution in [2.45, 2.75) is 37.6 Å². The molecule has 0 N–H and O–H groups in total. The van der Waals surface area contributed by atoms with E-state index < -0.39 is 5.41 Å². The Morgan fingerprint density at radius 1 is 1.38 bits per heavy atom. The first-order valence-electron chi connectivity index (χ1n) is 8.22. The summed E-state index contributed by atoms with van der Waals surface area (Å²) in [5.74, 6) is -0.115. The molecule has 0 radical (unpaired) electrons. The van der Waals surface area contributed by atoms with E-state index in [1.54, 1.807) is 0 Å². The number of para-hydroxylation sites is 1. The number of anilines is 1. The second-order valence-electron chi connectivity index (χ2n) is 6.77. The molecule has 0 saturated heterocycles. The van der Waals surface area contributed by atoms with Gasteiger partial charge in [0.25, 0.3) is 0 Å². The van der Waals surface area contributed by atoms with Gasteiger partial charge in [-0.1, -0.05) is 18.2 Å². The first-order valence-corrected chi connectivity index (χ1v) is 8.22. The lowest BCUT2D eigenvalue weighted by molar-refractivity contribution is -0.136. The van der Waals surface area contributed by atoms with Crippen molar-refractivity contribution in [2.24, 2.45) is 4.99 Å². The molecule has 5 heteroatoms. The summed E-state index contributed by atoms with van der Waals surface area (Å²) in [6.07, 6.45) is 1.57. The Bertz CT molecular complexity index is 824. The van der Waals surface area contributed by atoms with E-state index in [1.165, 1.54) is 7.11 Å². The van der Waals surface area contributed by atoms with Crippen LogP contribution in [0.3, 0.4) is 0 Å². The van der Waals surface area contributed by atoms with Gasteiger partial charge in [-0.3, -0.25) is 9.79 Å². The molecule has 5 nitrogen and oxygen atoms in total. The normalized spacial score (nSPS) is 28.1. The number of rotatable bonds is 1. The second-order valence-corrected chi connectivity index (χ2v) is 6.77. The number of carbonyl (C=O) groups excluding carboxylic acids is 2. The Morgan fingerprint density at radius 3 is 2.88 bits per heavy atom. The fourth-order valence-electron chi connectivity index (χ4n) is 4.68. The summed E-state index contributed by atoms with van der Waals surface area (Å²) in [6.45, 7) is 1.83. The lowest BCUT2D eigenvalue weighted by atomic mass is 9.62. The summed E-state index contributed by atoms with van der Waals surface area (Å²) < 4.78 is 5.05. The van der Waals surface area contributed by atoms with Gasteiger partial charge in [-0.15, -0.1) is 0 Å². The third-order valence-corrected chi connectivity index (χ3v) is 5.67. The summed E-state index contributed by atoms with van der Waals surface area (Å²) in [4.78, 5) is 31.5. The zero-order valence-electron chi connectivity index (χ0n) is 14.1. The standard InChI is InChI=1S/C19H20N2O3/c1-11-16(18(23)24-3)17-19(9-8-12(22)10-15(19)20-11)13-6-4-5-7-14(13)21(17)2/h4-7,17H,8-10H2,1-3H3/t17?,19-/m1/s1. The fraction of sp³-hybridized carbons (Fsp3) is 0.421. The number of fused-ring (bicyclic) bond motifs is 1. The zero-order chi connectivity index (χ0) is 17.1. The molecule has 24 heavy (non-hydrogen) atoms. The quantitative estimate of drug-likeness (QED) is 0.744. The third kappa shape index (κ3) is 1.72. The second kappa shape index (κ2) is 5.03. The number of ether oxygens (including phenoxy) is 1. The largest absolute Gasteiger partial charge is 0.466 e. The Balaban J connectivity index is 2.01. The summed E-state index contributed by atoms with van der Waals surface area (Å²) in [7, 11) is 3.41. The Labute approximate surface area is 141 Å². The number of Topliss-reactive ketones (excluding diaryl/α,β-unsaturated/α-hetero) is 1. The van der Waals surface area contributed by atoms with Gasteiger partial charge in [0.2, 0.25) is 0 Å². The van der Waals surface area contributed by atoms with Crippen LogP contribution in [0, 0.1) is 0 Å². The molecule has 1 unspecified atom stereocenters. The molecule has 1 aromatic rings. The van der Waals surface area contributed by atoms with Crippen LogP contribution in [0.2, 0.25) is 0 Å². The van der Waals surface area contributed by atoms with Crippen LogP contribution in [-0.2, 0) is 19.7 Å². The first-order chi connectivity index (χ1) is 11.5. The van der Waals surface area contributed by atoms with Crippen LogP contribution in [0.1, 0.15) is 31.7 Å². The highest BCUT2D eigenvalue weighted by molar-refractivity contribution is 6.15. The monoisotopic (exact) mass is 324 g/mol. The molecule has 0 amide bonds. The van der Waals surface area contributed by atoms with Crippen LogP contribution >= 0.6 is 0 Å². The van der Waals surface area contributed by atoms with E-state index in [2.05, 4.69) is 17.0 Å². The molecule has 0 aromatic heterocycles. The third-order valence-electron chi connectivity index (χ3n) is 5.67. The van der Waals surface area contributed by atoms with Gasteiger partial charge < -0.3 is 9.64 Å². The minimum absolute atomic E-state index is 0.164. The van der Waals surface area contributed by atoms with Crippen molar-refractivity contribution in [3.05, 3.63) is 41.1 Å². The van der Waals surface area contributed by atoms with Crippen LogP contribution in [0.25, 0.3) is 0 Å². The van der Waals surface area contributed by atoms with Gasteiger partial charge in [0.1, 0.15) is 5.78 Å². The maximum atomic E-state index is 12.5. The minimum atomic E-state index is -0.401. The van der Waals surface area contributed by atoms with Crippen LogP contribution in [-0.4, -0.2) is 37.7 Å². The van der Waals surface area contributed by atoms with Gasteiger partial charge in [0, 0.05) is 37.0 Å². The van der Waals surface area contributed by atoms with Gasteiger partial charge in [-0.05, 0) is 25.0 Å². The number of carbonyl (C=O) groups is 2. The molecular weight excluding hydrogens is 304 g/mol. The predicted molar refractivity (Wildman–Crippen MR) is 91.3 cm³/mol. The highest BCUT2D eigenvalue weighted by Gasteiger charge is 2.59. The molecule has 2 aliphatic heterocycles. The Hall–Kier alpha value is -2.43. The molecule has 1 aliphatic carbocycles. The highest BCUT2D eigenvalue weighted by Crippen LogP contribution is 2.55. The molecule has 1 fully saturated rings. The van der Waals surface area contributed by atoms with Gasteiger partial charge >= 0.3 is 5.97 Å². The molecule has 124 valence electrons. The van der Waals surface area contributed by atoms with Crippen LogP contribution in [0.5, 0.6) is 0 Å². The molecular formula is C19H20N2O3. The maximum Gasteiger partial charge on any atom is 0.337 e. The summed E-state index contributed by atoms with van der Waals surface area (Å²) in [5.41, 5.74) is 4.02. The summed E-state index contributed by atoms with van der Waals surface area (Å²) >= 11 is 0. The van der Waals surface area contributed by atoms with Crippen molar-refractivity contribution in [1.29, 1.82) is 0 Å². The van der Waals surface area contributed by atoms with E-state index >= 15 is 0 Å². The van der Waals surface area contributed by atoms with Crippen LogP contribution in [0.4, 0.5) is 5.69 Å². The van der Waals surface area contributed by atoms with E-state index in [4.69, 9.17) is 9.73 Å². The van der Waals surface area contributed by atoms with E-state index in [1.807, 2.05) is 26.1 Å². The maximum absolute atomic E-state index is 12.5. The van der Waals surface area contributed by atoms with E-state index in [0.29, 0.717) is 30.5 Å². The Morgan fingerprint density at radius 2 is 2.12 bits per heavy atom. The number of benzene rings is 1. The lowest BCUT2D eigenvalue weighted by Gasteiger charge is -2.44. The van der Waals surface area contributed by atoms with Crippen molar-refractivity contribution in [2.75, 3.05) is 19.1 Å². The number of aliphatic imine (C=N–C) groups is 1. The highest BCUT2D eigenvalue weighted by atomic mass is 16.5. The van der Waals surface area contributed by atoms with Crippen LogP contribution < -0.4 is 4.90 Å². The van der Waals surface area contributed by atoms with E-state index in [-0.39, 0.29) is 17.8 Å². The molecule has 3 aliphatic rings. The van der Waals surface area contributed by atoms with Crippen molar-refractivity contribution in [3.63, 3.8) is 0 Å². The number of allylic oxidation sites excluding steroid dienone is 1. The van der Waals surface area contributed by atoms with Crippen LogP contribution in [0.15, 0.2) is 40.5 Å². The fourth-order valence-corrected chi connectivity index (χ4v) is 4.68. The number of methoxy groups -OCH3 is 1. The van der Waals surface area contributed by atoms with Gasteiger partial charge in [0.05, 0.1) is 24.1 Å². The number of likely N-dealkylation sites (N-methyl/N-ethyl adjacent to an activating group) is 1. The molecule has 4 rings (SSSR count). The zero-order valence-corrected chi connectivity index (χ0v) is 14.1. The number of esters is 1. The minimum Gasteiger partial charge on any atom is -0.466 e. The molecule has 1 saturated carbocycles. The molecule has 0 bridgehead atoms.